The van der Waals surface area contributed by atoms with E-state index in [0.29, 0.717) is 19.4 Å². The number of rotatable bonds is 83. The molecule has 0 fully saturated rings. The molecular weight excluding hydrogens is 1150 g/mol. The molecule has 6 heteroatoms. The second kappa shape index (κ2) is 83.8. The standard InChI is InChI=1S/C88H171NO5/c1-3-5-7-9-11-13-15-17-19-21-22-23-24-40-43-46-49-52-56-60-64-68-72-76-80-86(91)85(84-90)89-87(92)81-77-73-69-65-61-57-53-50-47-44-41-38-36-34-32-30-28-26-25-27-29-31-33-35-37-39-42-45-48-51-55-59-63-67-71-75-79-83-94-88(93)82-78-74-70-66-62-58-54-20-18-16-14-12-10-8-6-4-2/h25,27,76,80,85-86,90-91H,3-24,26,28-75,77-79,81-84H2,1-2H3,(H,89,92)/b27-25-,80-76+. The smallest absolute Gasteiger partial charge is 0.305 e. The van der Waals surface area contributed by atoms with Crippen LogP contribution in [-0.4, -0.2) is 47.4 Å². The number of esters is 1. The van der Waals surface area contributed by atoms with E-state index in [1.54, 1.807) is 6.08 Å². The second-order valence-corrected chi connectivity index (χ2v) is 30.2. The predicted octanol–water partition coefficient (Wildman–Crippen LogP) is 29.2. The Morgan fingerprint density at radius 2 is 0.500 bits per heavy atom. The van der Waals surface area contributed by atoms with E-state index < -0.39 is 12.1 Å². The molecule has 0 aliphatic carbocycles. The molecular formula is C88H171NO5. The molecule has 94 heavy (non-hydrogen) atoms. The van der Waals surface area contributed by atoms with Crippen molar-refractivity contribution < 1.29 is 24.5 Å². The fraction of sp³-hybridized carbons (Fsp3) is 0.932. The van der Waals surface area contributed by atoms with Gasteiger partial charge in [-0.2, -0.15) is 0 Å². The largest absolute Gasteiger partial charge is 0.466 e. The van der Waals surface area contributed by atoms with Crippen LogP contribution in [0.3, 0.4) is 0 Å². The van der Waals surface area contributed by atoms with Gasteiger partial charge in [0.2, 0.25) is 5.91 Å². The minimum absolute atomic E-state index is 0.0260. The van der Waals surface area contributed by atoms with Gasteiger partial charge in [-0.1, -0.05) is 456 Å². The molecule has 0 heterocycles. The average molecular weight is 1320 g/mol. The van der Waals surface area contributed by atoms with Crippen molar-refractivity contribution in [2.24, 2.45) is 0 Å². The summed E-state index contributed by atoms with van der Waals surface area (Å²) in [6.45, 7) is 4.97. The molecule has 0 aromatic rings. The summed E-state index contributed by atoms with van der Waals surface area (Å²) >= 11 is 0. The summed E-state index contributed by atoms with van der Waals surface area (Å²) in [4.78, 5) is 24.7. The lowest BCUT2D eigenvalue weighted by Gasteiger charge is -2.20. The van der Waals surface area contributed by atoms with E-state index >= 15 is 0 Å². The van der Waals surface area contributed by atoms with Crippen molar-refractivity contribution in [3.8, 4) is 0 Å². The van der Waals surface area contributed by atoms with Crippen molar-refractivity contribution >= 4 is 11.9 Å². The first-order valence-electron chi connectivity index (χ1n) is 43.6. The van der Waals surface area contributed by atoms with Crippen LogP contribution in [0.1, 0.15) is 502 Å². The predicted molar refractivity (Wildman–Crippen MR) is 417 cm³/mol. The Hall–Kier alpha value is -1.66. The average Bonchev–Trinajstić information content (AvgIpc) is 3.75. The normalized spacial score (nSPS) is 12.5. The van der Waals surface area contributed by atoms with Gasteiger partial charge in [-0.3, -0.25) is 9.59 Å². The van der Waals surface area contributed by atoms with E-state index in [1.165, 1.54) is 437 Å². The zero-order valence-corrected chi connectivity index (χ0v) is 64.2. The maximum atomic E-state index is 12.6. The molecule has 2 unspecified atom stereocenters. The van der Waals surface area contributed by atoms with Crippen LogP contribution in [0.4, 0.5) is 0 Å². The molecule has 0 rings (SSSR count). The Kier molecular flexibility index (Phi) is 82.3. The van der Waals surface area contributed by atoms with Crippen LogP contribution in [0.15, 0.2) is 24.3 Å². The number of ether oxygens (including phenoxy) is 1. The minimum Gasteiger partial charge on any atom is -0.466 e. The Morgan fingerprint density at radius 1 is 0.287 bits per heavy atom. The molecule has 0 saturated heterocycles. The molecule has 558 valence electrons. The first kappa shape index (κ1) is 92.3. The molecule has 1 amide bonds. The first-order valence-corrected chi connectivity index (χ1v) is 43.6. The lowest BCUT2D eigenvalue weighted by molar-refractivity contribution is -0.143. The van der Waals surface area contributed by atoms with Crippen LogP contribution < -0.4 is 5.32 Å². The minimum atomic E-state index is -0.843. The summed E-state index contributed by atoms with van der Waals surface area (Å²) in [7, 11) is 0. The number of hydrogen-bond acceptors (Lipinski definition) is 5. The van der Waals surface area contributed by atoms with Gasteiger partial charge in [-0.05, 0) is 57.8 Å². The maximum absolute atomic E-state index is 12.6. The molecule has 0 aliphatic rings. The highest BCUT2D eigenvalue weighted by molar-refractivity contribution is 5.76. The van der Waals surface area contributed by atoms with Crippen molar-refractivity contribution in [1.82, 2.24) is 5.32 Å². The van der Waals surface area contributed by atoms with Crippen LogP contribution in [-0.2, 0) is 14.3 Å². The number of amides is 1. The van der Waals surface area contributed by atoms with Gasteiger partial charge >= 0.3 is 5.97 Å². The molecule has 0 spiro atoms. The van der Waals surface area contributed by atoms with Gasteiger partial charge in [-0.25, -0.2) is 0 Å². The van der Waals surface area contributed by atoms with Gasteiger partial charge in [-0.15, -0.1) is 0 Å². The summed E-state index contributed by atoms with van der Waals surface area (Å²) in [5, 5.41) is 23.3. The fourth-order valence-electron chi connectivity index (χ4n) is 14.1. The zero-order valence-electron chi connectivity index (χ0n) is 64.2. The van der Waals surface area contributed by atoms with Gasteiger partial charge < -0.3 is 20.3 Å². The lowest BCUT2D eigenvalue weighted by Crippen LogP contribution is -2.45. The SMILES string of the molecule is CCCCCCCCCCCCCCCCCCCCCCCC/C=C/C(O)C(CO)NC(=O)CCCCCCCCCCCCCCCCCCC/C=C\CCCCCCCCCCCCCCCCCCOC(=O)CCCCCCCCCCCCCCCCCC. The first-order chi connectivity index (χ1) is 46.5. The number of carbonyl (C=O) groups is 2. The van der Waals surface area contributed by atoms with Crippen LogP contribution in [0, 0.1) is 0 Å². The maximum Gasteiger partial charge on any atom is 0.305 e. The summed E-state index contributed by atoms with van der Waals surface area (Å²) in [6, 6.07) is -0.626. The molecule has 0 aliphatic heterocycles. The van der Waals surface area contributed by atoms with Crippen LogP contribution in [0.5, 0.6) is 0 Å². The van der Waals surface area contributed by atoms with Crippen molar-refractivity contribution in [1.29, 1.82) is 0 Å². The fourth-order valence-corrected chi connectivity index (χ4v) is 14.1. The van der Waals surface area contributed by atoms with E-state index in [2.05, 4.69) is 31.3 Å². The molecule has 2 atom stereocenters. The summed E-state index contributed by atoms with van der Waals surface area (Å²) in [5.41, 5.74) is 0. The summed E-state index contributed by atoms with van der Waals surface area (Å²) in [6.07, 6.45) is 109. The number of hydrogen-bond donors (Lipinski definition) is 3. The van der Waals surface area contributed by atoms with Gasteiger partial charge in [0, 0.05) is 12.8 Å². The van der Waals surface area contributed by atoms with E-state index in [9.17, 15) is 19.8 Å². The number of carbonyl (C=O) groups excluding carboxylic acids is 2. The monoisotopic (exact) mass is 1320 g/mol. The number of allylic oxidation sites excluding steroid dienone is 3. The highest BCUT2D eigenvalue weighted by atomic mass is 16.5. The van der Waals surface area contributed by atoms with Gasteiger partial charge in [0.25, 0.3) is 0 Å². The van der Waals surface area contributed by atoms with Crippen LogP contribution in [0.2, 0.25) is 0 Å². The third-order valence-electron chi connectivity index (χ3n) is 20.7. The van der Waals surface area contributed by atoms with E-state index in [-0.39, 0.29) is 18.5 Å². The van der Waals surface area contributed by atoms with E-state index in [1.807, 2.05) is 6.08 Å². The molecule has 0 radical (unpaired) electrons. The number of nitrogens with one attached hydrogen (secondary N) is 1. The Bertz CT molecular complexity index is 1480. The summed E-state index contributed by atoms with van der Waals surface area (Å²) in [5.74, 6) is -0.0322. The van der Waals surface area contributed by atoms with Crippen LogP contribution >= 0.6 is 0 Å². The van der Waals surface area contributed by atoms with Crippen molar-refractivity contribution in [2.75, 3.05) is 13.2 Å². The molecule has 3 N–H and O–H groups in total. The molecule has 0 aromatic carbocycles. The number of unbranched alkanes of at least 4 members (excludes halogenated alkanes) is 70. The molecule has 0 bridgehead atoms. The highest BCUT2D eigenvalue weighted by Crippen LogP contribution is 2.21. The summed E-state index contributed by atoms with van der Waals surface area (Å²) < 4.78 is 5.52. The topological polar surface area (TPSA) is 95.9 Å². The van der Waals surface area contributed by atoms with Crippen LogP contribution in [0.25, 0.3) is 0 Å². The number of aliphatic hydroxyl groups is 2. The van der Waals surface area contributed by atoms with Gasteiger partial charge in [0.1, 0.15) is 0 Å². The van der Waals surface area contributed by atoms with Crippen molar-refractivity contribution in [3.05, 3.63) is 24.3 Å². The van der Waals surface area contributed by atoms with Gasteiger partial charge in [0.05, 0.1) is 25.4 Å². The third kappa shape index (κ3) is 79.3. The van der Waals surface area contributed by atoms with Gasteiger partial charge in [0.15, 0.2) is 0 Å². The van der Waals surface area contributed by atoms with Crippen molar-refractivity contribution in [2.45, 2.75) is 514 Å². The van der Waals surface area contributed by atoms with E-state index in [4.69, 9.17) is 4.74 Å². The molecule has 0 saturated carbocycles. The highest BCUT2D eigenvalue weighted by Gasteiger charge is 2.18. The second-order valence-electron chi connectivity index (χ2n) is 30.2. The molecule has 0 aromatic heterocycles. The Morgan fingerprint density at radius 3 is 0.755 bits per heavy atom. The Balaban J connectivity index is 3.35. The Labute approximate surface area is 590 Å². The quantitative estimate of drug-likeness (QED) is 0.0320. The zero-order chi connectivity index (χ0) is 67.7. The lowest BCUT2D eigenvalue weighted by atomic mass is 10.0. The third-order valence-corrected chi connectivity index (χ3v) is 20.7. The molecule has 6 nitrogen and oxygen atoms in total. The van der Waals surface area contributed by atoms with Crippen molar-refractivity contribution in [3.63, 3.8) is 0 Å². The number of aliphatic hydroxyl groups excluding tert-OH is 2. The van der Waals surface area contributed by atoms with E-state index in [0.717, 1.165) is 38.5 Å².